The molecule has 0 spiro atoms. The Labute approximate surface area is 103 Å². The maximum atomic E-state index is 13.1. The van der Waals surface area contributed by atoms with Crippen LogP contribution in [0.25, 0.3) is 0 Å². The lowest BCUT2D eigenvalue weighted by Crippen LogP contribution is -2.14. The van der Waals surface area contributed by atoms with Gasteiger partial charge in [-0.3, -0.25) is 4.79 Å². The van der Waals surface area contributed by atoms with E-state index in [9.17, 15) is 9.18 Å². The number of nitrogens with two attached hydrogens (primary N) is 1. The number of hydrogen-bond acceptors (Lipinski definition) is 4. The summed E-state index contributed by atoms with van der Waals surface area (Å²) in [6.07, 6.45) is 0. The first-order valence-electron chi connectivity index (χ1n) is 5.28. The Balaban J connectivity index is 2.30. The van der Waals surface area contributed by atoms with Gasteiger partial charge in [-0.25, -0.2) is 4.39 Å². The number of aromatic nitrogens is 1. The summed E-state index contributed by atoms with van der Waals surface area (Å²) >= 11 is 0. The summed E-state index contributed by atoms with van der Waals surface area (Å²) < 4.78 is 18.0. The van der Waals surface area contributed by atoms with E-state index in [0.29, 0.717) is 17.0 Å². The molecule has 2 aromatic rings. The number of nitrogens with zero attached hydrogens (tertiary/aromatic N) is 1. The Morgan fingerprint density at radius 3 is 2.78 bits per heavy atom. The van der Waals surface area contributed by atoms with Gasteiger partial charge in [-0.1, -0.05) is 5.16 Å². The Kier molecular flexibility index (Phi) is 3.01. The molecule has 6 heteroatoms. The minimum absolute atomic E-state index is 0.222. The molecule has 18 heavy (non-hydrogen) atoms. The molecule has 1 amide bonds. The van der Waals surface area contributed by atoms with Gasteiger partial charge in [-0.15, -0.1) is 0 Å². The van der Waals surface area contributed by atoms with Crippen molar-refractivity contribution in [3.8, 4) is 0 Å². The average Bonchev–Trinajstić information content (AvgIpc) is 2.63. The predicted octanol–water partition coefficient (Wildman–Crippen LogP) is 2.27. The number of nitrogen functional groups attached to an aromatic ring is 1. The van der Waals surface area contributed by atoms with Crippen LogP contribution in [0.1, 0.15) is 21.8 Å². The highest BCUT2D eigenvalue weighted by molar-refractivity contribution is 6.06. The number of carbonyl (C=O) groups is 1. The van der Waals surface area contributed by atoms with Crippen molar-refractivity contribution in [2.75, 3.05) is 11.1 Å². The first-order chi connectivity index (χ1) is 8.49. The first-order valence-corrected chi connectivity index (χ1v) is 5.28. The van der Waals surface area contributed by atoms with Crippen molar-refractivity contribution in [3.05, 3.63) is 41.0 Å². The van der Waals surface area contributed by atoms with Gasteiger partial charge in [-0.2, -0.15) is 0 Å². The summed E-state index contributed by atoms with van der Waals surface area (Å²) in [4.78, 5) is 12.0. The molecule has 0 saturated heterocycles. The van der Waals surface area contributed by atoms with Crippen molar-refractivity contribution in [1.29, 1.82) is 0 Å². The molecule has 0 aliphatic carbocycles. The minimum Gasteiger partial charge on any atom is -0.397 e. The zero-order valence-electron chi connectivity index (χ0n) is 9.95. The van der Waals surface area contributed by atoms with Crippen LogP contribution >= 0.6 is 0 Å². The fourth-order valence-electron chi connectivity index (χ4n) is 1.63. The van der Waals surface area contributed by atoms with Crippen molar-refractivity contribution in [3.63, 3.8) is 0 Å². The van der Waals surface area contributed by atoms with Gasteiger partial charge in [0.1, 0.15) is 17.1 Å². The van der Waals surface area contributed by atoms with E-state index in [2.05, 4.69) is 10.5 Å². The molecule has 0 aliphatic rings. The highest BCUT2D eigenvalue weighted by Crippen LogP contribution is 2.21. The summed E-state index contributed by atoms with van der Waals surface area (Å²) in [7, 11) is 0. The minimum atomic E-state index is -0.474. The lowest BCUT2D eigenvalue weighted by atomic mass is 10.2. The quantitative estimate of drug-likeness (QED) is 0.800. The van der Waals surface area contributed by atoms with Crippen LogP contribution in [0, 0.1) is 19.7 Å². The maximum Gasteiger partial charge on any atom is 0.261 e. The molecule has 0 unspecified atom stereocenters. The monoisotopic (exact) mass is 249 g/mol. The highest BCUT2D eigenvalue weighted by Gasteiger charge is 2.18. The molecule has 0 atom stereocenters. The molecule has 0 fully saturated rings. The van der Waals surface area contributed by atoms with Crippen molar-refractivity contribution >= 4 is 17.3 Å². The second-order valence-corrected chi connectivity index (χ2v) is 3.88. The SMILES string of the molecule is Cc1noc(C)c1C(=O)Nc1cc(F)ccc1N. The van der Waals surface area contributed by atoms with Gasteiger partial charge in [0.15, 0.2) is 0 Å². The molecule has 3 N–H and O–H groups in total. The fraction of sp³-hybridized carbons (Fsp3) is 0.167. The number of aryl methyl sites for hydroxylation is 2. The average molecular weight is 249 g/mol. The van der Waals surface area contributed by atoms with E-state index in [4.69, 9.17) is 10.3 Å². The Morgan fingerprint density at radius 1 is 1.44 bits per heavy atom. The smallest absolute Gasteiger partial charge is 0.261 e. The first kappa shape index (κ1) is 12.1. The number of anilines is 2. The lowest BCUT2D eigenvalue weighted by Gasteiger charge is -2.07. The van der Waals surface area contributed by atoms with Crippen LogP contribution in [0.5, 0.6) is 0 Å². The van der Waals surface area contributed by atoms with Gasteiger partial charge in [-0.05, 0) is 32.0 Å². The van der Waals surface area contributed by atoms with Crippen LogP contribution in [0.3, 0.4) is 0 Å². The Bertz CT molecular complexity index is 588. The van der Waals surface area contributed by atoms with Gasteiger partial charge >= 0.3 is 0 Å². The van der Waals surface area contributed by atoms with Crippen molar-refractivity contribution in [2.24, 2.45) is 0 Å². The van der Waals surface area contributed by atoms with E-state index in [0.717, 1.165) is 6.07 Å². The molecular weight excluding hydrogens is 237 g/mol. The number of nitrogens with one attached hydrogen (secondary N) is 1. The van der Waals surface area contributed by atoms with Gasteiger partial charge in [0.25, 0.3) is 5.91 Å². The molecule has 1 aromatic carbocycles. The van der Waals surface area contributed by atoms with Gasteiger partial charge in [0.2, 0.25) is 0 Å². The summed E-state index contributed by atoms with van der Waals surface area (Å²) in [5.74, 6) is -0.498. The molecule has 1 heterocycles. The van der Waals surface area contributed by atoms with E-state index >= 15 is 0 Å². The lowest BCUT2D eigenvalue weighted by molar-refractivity contribution is 0.102. The number of amides is 1. The van der Waals surface area contributed by atoms with Crippen molar-refractivity contribution in [1.82, 2.24) is 5.16 Å². The number of rotatable bonds is 2. The normalized spacial score (nSPS) is 10.4. The standard InChI is InChI=1S/C12H12FN3O2/c1-6-11(7(2)18-16-6)12(17)15-10-5-8(13)3-4-9(10)14/h3-5H,14H2,1-2H3,(H,15,17). The fourth-order valence-corrected chi connectivity index (χ4v) is 1.63. The summed E-state index contributed by atoms with van der Waals surface area (Å²) in [5.41, 5.74) is 6.96. The molecule has 0 saturated carbocycles. The van der Waals surface area contributed by atoms with E-state index in [-0.39, 0.29) is 11.4 Å². The molecule has 0 bridgehead atoms. The van der Waals surface area contributed by atoms with Crippen LogP contribution in [0.2, 0.25) is 0 Å². The third kappa shape index (κ3) is 2.17. The molecule has 94 valence electrons. The second kappa shape index (κ2) is 4.48. The van der Waals surface area contributed by atoms with Crippen LogP contribution in [0.4, 0.5) is 15.8 Å². The van der Waals surface area contributed by atoms with E-state index in [1.165, 1.54) is 12.1 Å². The molecule has 0 aliphatic heterocycles. The number of hydrogen-bond donors (Lipinski definition) is 2. The third-order valence-electron chi connectivity index (χ3n) is 2.52. The van der Waals surface area contributed by atoms with Gasteiger partial charge < -0.3 is 15.6 Å². The van der Waals surface area contributed by atoms with Crippen molar-refractivity contribution < 1.29 is 13.7 Å². The zero-order valence-corrected chi connectivity index (χ0v) is 9.95. The molecule has 0 radical (unpaired) electrons. The molecular formula is C12H12FN3O2. The van der Waals surface area contributed by atoms with E-state index in [1.807, 2.05) is 0 Å². The predicted molar refractivity (Wildman–Crippen MR) is 64.7 cm³/mol. The summed E-state index contributed by atoms with van der Waals surface area (Å²) in [6, 6.07) is 3.77. The van der Waals surface area contributed by atoms with Crippen LogP contribution in [-0.2, 0) is 0 Å². The van der Waals surface area contributed by atoms with Gasteiger partial charge in [0, 0.05) is 0 Å². The van der Waals surface area contributed by atoms with Crippen LogP contribution in [-0.4, -0.2) is 11.1 Å². The Morgan fingerprint density at radius 2 is 2.17 bits per heavy atom. The second-order valence-electron chi connectivity index (χ2n) is 3.88. The van der Waals surface area contributed by atoms with Crippen molar-refractivity contribution in [2.45, 2.75) is 13.8 Å². The largest absolute Gasteiger partial charge is 0.397 e. The Hall–Kier alpha value is -2.37. The summed E-state index contributed by atoms with van der Waals surface area (Å²) in [5, 5.41) is 6.21. The highest BCUT2D eigenvalue weighted by atomic mass is 19.1. The maximum absolute atomic E-state index is 13.1. The molecule has 1 aromatic heterocycles. The number of halogens is 1. The number of benzene rings is 1. The topological polar surface area (TPSA) is 81.2 Å². The molecule has 2 rings (SSSR count). The van der Waals surface area contributed by atoms with Crippen LogP contribution in [0.15, 0.2) is 22.7 Å². The molecule has 5 nitrogen and oxygen atoms in total. The van der Waals surface area contributed by atoms with Gasteiger partial charge in [0.05, 0.1) is 17.1 Å². The van der Waals surface area contributed by atoms with Crippen LogP contribution < -0.4 is 11.1 Å². The van der Waals surface area contributed by atoms with E-state index in [1.54, 1.807) is 13.8 Å². The summed E-state index contributed by atoms with van der Waals surface area (Å²) in [6.45, 7) is 3.28. The van der Waals surface area contributed by atoms with E-state index < -0.39 is 11.7 Å². The number of carbonyl (C=O) groups excluding carboxylic acids is 1. The zero-order chi connectivity index (χ0) is 13.3. The third-order valence-corrected chi connectivity index (χ3v) is 2.52.